The lowest BCUT2D eigenvalue weighted by molar-refractivity contribution is 0.156. The minimum absolute atomic E-state index is 0.306. The smallest absolute Gasteiger partial charge is 0.140 e. The summed E-state index contributed by atoms with van der Waals surface area (Å²) >= 11 is 1.62. The first-order chi connectivity index (χ1) is 9.22. The molecular formula is C15H17NO2S. The molecule has 1 aromatic carbocycles. The third kappa shape index (κ3) is 2.80. The fourth-order valence-corrected chi connectivity index (χ4v) is 3.15. The van der Waals surface area contributed by atoms with Gasteiger partial charge >= 0.3 is 0 Å². The molecule has 1 atom stereocenters. The number of nitrogens with zero attached hydrogens (tertiary/aromatic N) is 1. The summed E-state index contributed by atoms with van der Waals surface area (Å²) in [5, 5.41) is 12.9. The summed E-state index contributed by atoms with van der Waals surface area (Å²) in [4.78, 5) is 4.38. The molecule has 100 valence electrons. The van der Waals surface area contributed by atoms with Gasteiger partial charge in [-0.2, -0.15) is 0 Å². The Morgan fingerprint density at radius 1 is 1.47 bits per heavy atom. The first kappa shape index (κ1) is 12.6. The highest BCUT2D eigenvalue weighted by atomic mass is 32.1. The Morgan fingerprint density at radius 3 is 3.16 bits per heavy atom. The van der Waals surface area contributed by atoms with Crippen LogP contribution in [-0.2, 0) is 13.0 Å². The molecule has 4 heteroatoms. The van der Waals surface area contributed by atoms with E-state index < -0.39 is 0 Å². The van der Waals surface area contributed by atoms with Crippen LogP contribution in [0.15, 0.2) is 23.6 Å². The molecule has 1 aliphatic carbocycles. The summed E-state index contributed by atoms with van der Waals surface area (Å²) in [6.45, 7) is 2.50. The first-order valence-electron chi connectivity index (χ1n) is 6.57. The molecule has 0 radical (unpaired) electrons. The van der Waals surface area contributed by atoms with Crippen molar-refractivity contribution in [1.29, 1.82) is 0 Å². The van der Waals surface area contributed by atoms with Gasteiger partial charge in [0.15, 0.2) is 0 Å². The summed E-state index contributed by atoms with van der Waals surface area (Å²) in [5.74, 6) is 0.862. The number of aliphatic hydroxyl groups is 1. The average molecular weight is 275 g/mol. The van der Waals surface area contributed by atoms with E-state index >= 15 is 0 Å². The van der Waals surface area contributed by atoms with Crippen molar-refractivity contribution in [2.24, 2.45) is 0 Å². The number of hydrogen-bond acceptors (Lipinski definition) is 4. The maximum absolute atomic E-state index is 9.91. The SMILES string of the molecule is Cc1csc(COc2ccc3c(c2)CCCC3O)n1. The molecule has 0 saturated heterocycles. The minimum atomic E-state index is -0.306. The van der Waals surface area contributed by atoms with Crippen LogP contribution in [0.3, 0.4) is 0 Å². The van der Waals surface area contributed by atoms with Crippen molar-refractivity contribution in [2.45, 2.75) is 38.9 Å². The van der Waals surface area contributed by atoms with Crippen LogP contribution in [0.2, 0.25) is 0 Å². The maximum Gasteiger partial charge on any atom is 0.140 e. The number of aryl methyl sites for hydroxylation is 2. The predicted octanol–water partition coefficient (Wildman–Crippen LogP) is 3.40. The van der Waals surface area contributed by atoms with Gasteiger partial charge in [-0.1, -0.05) is 6.07 Å². The maximum atomic E-state index is 9.91. The van der Waals surface area contributed by atoms with Crippen molar-refractivity contribution in [1.82, 2.24) is 4.98 Å². The van der Waals surface area contributed by atoms with Gasteiger partial charge in [-0.05, 0) is 49.4 Å². The molecule has 1 aliphatic rings. The average Bonchev–Trinajstić information content (AvgIpc) is 2.82. The number of fused-ring (bicyclic) bond motifs is 1. The first-order valence-corrected chi connectivity index (χ1v) is 7.45. The topological polar surface area (TPSA) is 42.4 Å². The number of aromatic nitrogens is 1. The second-order valence-corrected chi connectivity index (χ2v) is 5.88. The molecule has 2 aromatic rings. The third-order valence-corrected chi connectivity index (χ3v) is 4.37. The van der Waals surface area contributed by atoms with E-state index in [0.717, 1.165) is 41.3 Å². The van der Waals surface area contributed by atoms with Gasteiger partial charge < -0.3 is 9.84 Å². The van der Waals surface area contributed by atoms with E-state index in [2.05, 4.69) is 11.1 Å². The Morgan fingerprint density at radius 2 is 2.37 bits per heavy atom. The van der Waals surface area contributed by atoms with Gasteiger partial charge in [-0.25, -0.2) is 4.98 Å². The number of aliphatic hydroxyl groups excluding tert-OH is 1. The number of hydrogen-bond donors (Lipinski definition) is 1. The van der Waals surface area contributed by atoms with E-state index in [0.29, 0.717) is 6.61 Å². The predicted molar refractivity (Wildman–Crippen MR) is 75.5 cm³/mol. The lowest BCUT2D eigenvalue weighted by atomic mass is 9.89. The van der Waals surface area contributed by atoms with Crippen molar-refractivity contribution in [3.8, 4) is 5.75 Å². The summed E-state index contributed by atoms with van der Waals surface area (Å²) in [6, 6.07) is 5.98. The van der Waals surface area contributed by atoms with Crippen molar-refractivity contribution >= 4 is 11.3 Å². The molecular weight excluding hydrogens is 258 g/mol. The van der Waals surface area contributed by atoms with Crippen molar-refractivity contribution in [2.75, 3.05) is 0 Å². The standard InChI is InChI=1S/C15H17NO2S/c1-10-9-19-15(16-10)8-18-12-5-6-13-11(7-12)3-2-4-14(13)17/h5-7,9,14,17H,2-4,8H2,1H3. The largest absolute Gasteiger partial charge is 0.486 e. The Bertz CT molecular complexity index is 579. The number of thiazole rings is 1. The highest BCUT2D eigenvalue weighted by Gasteiger charge is 2.18. The summed E-state index contributed by atoms with van der Waals surface area (Å²) < 4.78 is 5.77. The van der Waals surface area contributed by atoms with Crippen LogP contribution in [0.25, 0.3) is 0 Å². The van der Waals surface area contributed by atoms with Crippen molar-refractivity contribution in [3.63, 3.8) is 0 Å². The van der Waals surface area contributed by atoms with Crippen LogP contribution < -0.4 is 4.74 Å². The Hall–Kier alpha value is -1.39. The highest BCUT2D eigenvalue weighted by molar-refractivity contribution is 7.09. The fraction of sp³-hybridized carbons (Fsp3) is 0.400. The van der Waals surface area contributed by atoms with E-state index in [1.807, 2.05) is 24.4 Å². The molecule has 0 amide bonds. The lowest BCUT2D eigenvalue weighted by Crippen LogP contribution is -2.09. The number of ether oxygens (including phenoxy) is 1. The molecule has 0 spiro atoms. The molecule has 0 fully saturated rings. The molecule has 0 aliphatic heterocycles. The van der Waals surface area contributed by atoms with Crippen LogP contribution in [0.4, 0.5) is 0 Å². The Kier molecular flexibility index (Phi) is 3.53. The van der Waals surface area contributed by atoms with Crippen molar-refractivity contribution < 1.29 is 9.84 Å². The molecule has 1 unspecified atom stereocenters. The second-order valence-electron chi connectivity index (χ2n) is 4.94. The molecule has 1 N–H and O–H groups in total. The van der Waals surface area contributed by atoms with E-state index in [-0.39, 0.29) is 6.10 Å². The van der Waals surface area contributed by atoms with Gasteiger partial charge in [0.1, 0.15) is 17.4 Å². The van der Waals surface area contributed by atoms with Gasteiger partial charge in [-0.15, -0.1) is 11.3 Å². The number of rotatable bonds is 3. The van der Waals surface area contributed by atoms with Gasteiger partial charge in [0, 0.05) is 11.1 Å². The fourth-order valence-electron chi connectivity index (χ4n) is 2.47. The van der Waals surface area contributed by atoms with Crippen LogP contribution in [0.5, 0.6) is 5.75 Å². The third-order valence-electron chi connectivity index (χ3n) is 3.43. The van der Waals surface area contributed by atoms with E-state index in [9.17, 15) is 5.11 Å². The molecule has 3 rings (SSSR count). The summed E-state index contributed by atoms with van der Waals surface area (Å²) in [6.07, 6.45) is 2.63. The van der Waals surface area contributed by atoms with Crippen LogP contribution in [0.1, 0.15) is 40.8 Å². The van der Waals surface area contributed by atoms with E-state index in [1.54, 1.807) is 11.3 Å². The zero-order chi connectivity index (χ0) is 13.2. The monoisotopic (exact) mass is 275 g/mol. The van der Waals surface area contributed by atoms with Crippen molar-refractivity contribution in [3.05, 3.63) is 45.4 Å². The highest BCUT2D eigenvalue weighted by Crippen LogP contribution is 2.32. The Labute approximate surface area is 116 Å². The normalized spacial score (nSPS) is 18.1. The zero-order valence-corrected chi connectivity index (χ0v) is 11.7. The lowest BCUT2D eigenvalue weighted by Gasteiger charge is -2.21. The van der Waals surface area contributed by atoms with E-state index in [4.69, 9.17) is 4.74 Å². The molecule has 19 heavy (non-hydrogen) atoms. The molecule has 1 aromatic heterocycles. The quantitative estimate of drug-likeness (QED) is 0.933. The zero-order valence-electron chi connectivity index (χ0n) is 10.9. The van der Waals surface area contributed by atoms with Gasteiger partial charge in [0.05, 0.1) is 6.10 Å². The Balaban J connectivity index is 1.72. The van der Waals surface area contributed by atoms with Gasteiger partial charge in [0.25, 0.3) is 0 Å². The molecule has 0 saturated carbocycles. The van der Waals surface area contributed by atoms with E-state index in [1.165, 1.54) is 5.56 Å². The van der Waals surface area contributed by atoms with Gasteiger partial charge in [-0.3, -0.25) is 0 Å². The number of benzene rings is 1. The van der Waals surface area contributed by atoms with Crippen LogP contribution in [-0.4, -0.2) is 10.1 Å². The van der Waals surface area contributed by atoms with Gasteiger partial charge in [0.2, 0.25) is 0 Å². The van der Waals surface area contributed by atoms with Crippen LogP contribution in [0, 0.1) is 6.92 Å². The molecule has 1 heterocycles. The summed E-state index contributed by atoms with van der Waals surface area (Å²) in [5.41, 5.74) is 3.31. The van der Waals surface area contributed by atoms with Crippen LogP contribution >= 0.6 is 11.3 Å². The second kappa shape index (κ2) is 5.31. The summed E-state index contributed by atoms with van der Waals surface area (Å²) in [7, 11) is 0. The molecule has 0 bridgehead atoms. The molecule has 3 nitrogen and oxygen atoms in total. The minimum Gasteiger partial charge on any atom is -0.486 e.